The molecule has 0 radical (unpaired) electrons. The van der Waals surface area contributed by atoms with Gasteiger partial charge in [-0.1, -0.05) is 43.1 Å². The van der Waals surface area contributed by atoms with Crippen LogP contribution in [0.5, 0.6) is 0 Å². The quantitative estimate of drug-likeness (QED) is 0.889. The number of carbonyl (C=O) groups excluding carboxylic acids is 1. The summed E-state index contributed by atoms with van der Waals surface area (Å²) < 4.78 is 0. The van der Waals surface area contributed by atoms with Crippen molar-refractivity contribution in [2.75, 3.05) is 5.32 Å². The molecule has 1 aromatic carbocycles. The predicted molar refractivity (Wildman–Crippen MR) is 77.3 cm³/mol. The lowest BCUT2D eigenvalue weighted by Gasteiger charge is -2.16. The third-order valence-electron chi connectivity index (χ3n) is 2.59. The van der Waals surface area contributed by atoms with Crippen LogP contribution in [0.25, 0.3) is 0 Å². The second-order valence-corrected chi connectivity index (χ2v) is 5.56. The van der Waals surface area contributed by atoms with E-state index >= 15 is 0 Å². The molecule has 1 amide bonds. The second-order valence-electron chi connectivity index (χ2n) is 4.78. The van der Waals surface area contributed by atoms with E-state index in [1.54, 1.807) is 12.1 Å². The minimum atomic E-state index is -0.558. The summed E-state index contributed by atoms with van der Waals surface area (Å²) in [4.78, 5) is 11.9. The van der Waals surface area contributed by atoms with Gasteiger partial charge in [-0.05, 0) is 30.9 Å². The van der Waals surface area contributed by atoms with Crippen LogP contribution >= 0.6 is 23.2 Å². The molecule has 0 fully saturated rings. The Morgan fingerprint density at radius 2 is 2.00 bits per heavy atom. The fourth-order valence-electron chi connectivity index (χ4n) is 1.60. The maximum Gasteiger partial charge on any atom is 0.241 e. The molecule has 0 heterocycles. The number of carbonyl (C=O) groups is 1. The highest BCUT2D eigenvalue weighted by Crippen LogP contribution is 2.32. The number of benzene rings is 1. The van der Waals surface area contributed by atoms with E-state index < -0.39 is 6.04 Å². The molecule has 3 N–H and O–H groups in total. The van der Waals surface area contributed by atoms with E-state index in [0.29, 0.717) is 28.1 Å². The molecular weight excluding hydrogens is 271 g/mol. The Balaban J connectivity index is 2.85. The van der Waals surface area contributed by atoms with Gasteiger partial charge in [0, 0.05) is 0 Å². The van der Waals surface area contributed by atoms with Crippen LogP contribution in [-0.4, -0.2) is 11.9 Å². The van der Waals surface area contributed by atoms with Crippen LogP contribution in [0.3, 0.4) is 0 Å². The van der Waals surface area contributed by atoms with Gasteiger partial charge >= 0.3 is 0 Å². The zero-order valence-corrected chi connectivity index (χ0v) is 12.3. The monoisotopic (exact) mass is 288 g/mol. The Kier molecular flexibility index (Phi) is 5.45. The Bertz CT molecular complexity index is 447. The Labute approximate surface area is 118 Å². The first-order valence-electron chi connectivity index (χ1n) is 5.84. The van der Waals surface area contributed by atoms with Gasteiger partial charge in [0.1, 0.15) is 0 Å². The van der Waals surface area contributed by atoms with Gasteiger partial charge in [-0.15, -0.1) is 0 Å². The van der Waals surface area contributed by atoms with E-state index in [2.05, 4.69) is 5.32 Å². The van der Waals surface area contributed by atoms with Crippen molar-refractivity contribution in [2.45, 2.75) is 33.2 Å². The summed E-state index contributed by atoms with van der Waals surface area (Å²) in [5.74, 6) is 0.0901. The number of rotatable bonds is 4. The molecule has 1 rings (SSSR count). The molecule has 0 aliphatic carbocycles. The van der Waals surface area contributed by atoms with E-state index in [0.717, 1.165) is 5.56 Å². The summed E-state index contributed by atoms with van der Waals surface area (Å²) in [5, 5.41) is 3.56. The summed E-state index contributed by atoms with van der Waals surface area (Å²) >= 11 is 12.1. The van der Waals surface area contributed by atoms with E-state index in [1.165, 1.54) is 0 Å². The predicted octanol–water partition coefficient (Wildman–Crippen LogP) is 3.61. The lowest BCUT2D eigenvalue weighted by Crippen LogP contribution is -2.36. The largest absolute Gasteiger partial charge is 0.322 e. The van der Waals surface area contributed by atoms with Crippen molar-refractivity contribution in [2.24, 2.45) is 11.7 Å². The number of nitrogens with two attached hydrogens (primary N) is 1. The average Bonchev–Trinajstić information content (AvgIpc) is 2.28. The normalized spacial score (nSPS) is 12.6. The van der Waals surface area contributed by atoms with Gasteiger partial charge in [-0.2, -0.15) is 0 Å². The highest BCUT2D eigenvalue weighted by molar-refractivity contribution is 6.40. The van der Waals surface area contributed by atoms with Gasteiger partial charge < -0.3 is 11.1 Å². The SMILES string of the molecule is Cc1ccc(Cl)c(NC(=O)[C@@H](N)CC(C)C)c1Cl. The maximum absolute atomic E-state index is 11.9. The first kappa shape index (κ1) is 15.3. The third kappa shape index (κ3) is 3.87. The molecule has 1 aromatic rings. The number of nitrogens with one attached hydrogen (secondary N) is 1. The highest BCUT2D eigenvalue weighted by atomic mass is 35.5. The first-order valence-corrected chi connectivity index (χ1v) is 6.59. The zero-order valence-electron chi connectivity index (χ0n) is 10.8. The average molecular weight is 289 g/mol. The van der Waals surface area contributed by atoms with Crippen molar-refractivity contribution in [3.63, 3.8) is 0 Å². The molecular formula is C13H18Cl2N2O. The zero-order chi connectivity index (χ0) is 13.9. The van der Waals surface area contributed by atoms with Crippen LogP contribution in [0.15, 0.2) is 12.1 Å². The van der Waals surface area contributed by atoms with Gasteiger partial charge in [0.15, 0.2) is 0 Å². The molecule has 0 unspecified atom stereocenters. The van der Waals surface area contributed by atoms with Crippen LogP contribution in [0.1, 0.15) is 25.8 Å². The molecule has 0 saturated carbocycles. The number of halogens is 2. The molecule has 18 heavy (non-hydrogen) atoms. The molecule has 0 bridgehead atoms. The first-order chi connectivity index (χ1) is 8.32. The van der Waals surface area contributed by atoms with Gasteiger partial charge in [0.25, 0.3) is 0 Å². The number of aryl methyl sites for hydroxylation is 1. The van der Waals surface area contributed by atoms with Crippen LogP contribution in [0.2, 0.25) is 10.0 Å². The van der Waals surface area contributed by atoms with Crippen LogP contribution < -0.4 is 11.1 Å². The number of anilines is 1. The lowest BCUT2D eigenvalue weighted by molar-refractivity contribution is -0.117. The van der Waals surface area contributed by atoms with Crippen molar-refractivity contribution in [1.29, 1.82) is 0 Å². The molecule has 0 aliphatic rings. The third-order valence-corrected chi connectivity index (χ3v) is 3.40. The van der Waals surface area contributed by atoms with E-state index in [4.69, 9.17) is 28.9 Å². The molecule has 5 heteroatoms. The summed E-state index contributed by atoms with van der Waals surface area (Å²) in [6, 6.07) is 2.94. The lowest BCUT2D eigenvalue weighted by atomic mass is 10.0. The Hall–Kier alpha value is -0.770. The fraction of sp³-hybridized carbons (Fsp3) is 0.462. The van der Waals surface area contributed by atoms with E-state index in [1.807, 2.05) is 20.8 Å². The molecule has 0 spiro atoms. The fourth-order valence-corrected chi connectivity index (χ4v) is 2.07. The molecule has 100 valence electrons. The number of hydrogen-bond acceptors (Lipinski definition) is 2. The topological polar surface area (TPSA) is 55.1 Å². The van der Waals surface area contributed by atoms with Gasteiger partial charge in [0.05, 0.1) is 21.8 Å². The van der Waals surface area contributed by atoms with Crippen molar-refractivity contribution in [3.8, 4) is 0 Å². The van der Waals surface area contributed by atoms with Crippen molar-refractivity contribution in [3.05, 3.63) is 27.7 Å². The van der Waals surface area contributed by atoms with Crippen molar-refractivity contribution in [1.82, 2.24) is 0 Å². The Morgan fingerprint density at radius 1 is 1.39 bits per heavy atom. The van der Waals surface area contributed by atoms with Crippen LogP contribution in [0.4, 0.5) is 5.69 Å². The van der Waals surface area contributed by atoms with Crippen LogP contribution in [0, 0.1) is 12.8 Å². The molecule has 3 nitrogen and oxygen atoms in total. The number of amides is 1. The molecule has 1 atom stereocenters. The summed E-state index contributed by atoms with van der Waals surface area (Å²) in [6.07, 6.45) is 0.618. The minimum absolute atomic E-state index is 0.266. The van der Waals surface area contributed by atoms with E-state index in [-0.39, 0.29) is 5.91 Å². The van der Waals surface area contributed by atoms with Gasteiger partial charge in [-0.3, -0.25) is 4.79 Å². The second kappa shape index (κ2) is 6.41. The van der Waals surface area contributed by atoms with Crippen molar-refractivity contribution >= 4 is 34.8 Å². The molecule has 0 aliphatic heterocycles. The minimum Gasteiger partial charge on any atom is -0.322 e. The number of hydrogen-bond donors (Lipinski definition) is 2. The van der Waals surface area contributed by atoms with Gasteiger partial charge in [0.2, 0.25) is 5.91 Å². The van der Waals surface area contributed by atoms with E-state index in [9.17, 15) is 4.79 Å². The summed E-state index contributed by atoms with van der Waals surface area (Å²) in [6.45, 7) is 5.88. The van der Waals surface area contributed by atoms with Crippen molar-refractivity contribution < 1.29 is 4.79 Å². The van der Waals surface area contributed by atoms with Gasteiger partial charge in [-0.25, -0.2) is 0 Å². The standard InChI is InChI=1S/C13H18Cl2N2O/c1-7(2)6-10(16)13(18)17-12-9(14)5-4-8(3)11(12)15/h4-5,7,10H,6,16H2,1-3H3,(H,17,18)/t10-/m0/s1. The van der Waals surface area contributed by atoms with Crippen LogP contribution in [-0.2, 0) is 4.79 Å². The molecule has 0 aromatic heterocycles. The highest BCUT2D eigenvalue weighted by Gasteiger charge is 2.18. The smallest absolute Gasteiger partial charge is 0.241 e. The Morgan fingerprint density at radius 3 is 2.56 bits per heavy atom. The maximum atomic E-state index is 11.9. The summed E-state index contributed by atoms with van der Waals surface area (Å²) in [7, 11) is 0. The summed E-state index contributed by atoms with van der Waals surface area (Å²) in [5.41, 5.74) is 7.09. The molecule has 0 saturated heterocycles.